The van der Waals surface area contributed by atoms with Crippen LogP contribution in [0.5, 0.6) is 0 Å². The zero-order valence-corrected chi connectivity index (χ0v) is 11.4. The molecule has 20 heavy (non-hydrogen) atoms. The third-order valence-corrected chi connectivity index (χ3v) is 4.16. The van der Waals surface area contributed by atoms with E-state index in [0.717, 1.165) is 6.07 Å². The molecular formula is C12H12N2O5S. The molecule has 8 heteroatoms. The van der Waals surface area contributed by atoms with Gasteiger partial charge in [0.15, 0.2) is 9.84 Å². The van der Waals surface area contributed by atoms with Crippen LogP contribution in [0.3, 0.4) is 0 Å². The van der Waals surface area contributed by atoms with Crippen LogP contribution in [0.2, 0.25) is 0 Å². The second-order valence-electron chi connectivity index (χ2n) is 4.04. The zero-order chi connectivity index (χ0) is 14.8. The van der Waals surface area contributed by atoms with Gasteiger partial charge >= 0.3 is 5.97 Å². The van der Waals surface area contributed by atoms with Gasteiger partial charge in [0.25, 0.3) is 0 Å². The Labute approximate surface area is 115 Å². The van der Waals surface area contributed by atoms with Crippen molar-refractivity contribution in [2.45, 2.75) is 24.0 Å². The Kier molecular flexibility index (Phi) is 3.84. The maximum absolute atomic E-state index is 12.2. The van der Waals surface area contributed by atoms with E-state index in [1.807, 2.05) is 6.92 Å². The van der Waals surface area contributed by atoms with Gasteiger partial charge in [-0.05, 0) is 18.2 Å². The third kappa shape index (κ3) is 3.02. The fraction of sp³-hybridized carbons (Fsp3) is 0.250. The van der Waals surface area contributed by atoms with Crippen LogP contribution in [0.15, 0.2) is 33.6 Å². The van der Waals surface area contributed by atoms with Crippen molar-refractivity contribution in [3.05, 3.63) is 41.6 Å². The molecule has 0 bridgehead atoms. The van der Waals surface area contributed by atoms with Gasteiger partial charge in [-0.3, -0.25) is 0 Å². The highest BCUT2D eigenvalue weighted by atomic mass is 32.2. The van der Waals surface area contributed by atoms with Crippen molar-refractivity contribution >= 4 is 15.8 Å². The van der Waals surface area contributed by atoms with Crippen molar-refractivity contribution in [3.8, 4) is 0 Å². The van der Waals surface area contributed by atoms with E-state index in [0.29, 0.717) is 12.3 Å². The van der Waals surface area contributed by atoms with Crippen LogP contribution in [0.25, 0.3) is 0 Å². The summed E-state index contributed by atoms with van der Waals surface area (Å²) in [6.07, 6.45) is 0.515. The molecule has 0 saturated heterocycles. The van der Waals surface area contributed by atoms with Crippen LogP contribution in [0, 0.1) is 0 Å². The van der Waals surface area contributed by atoms with E-state index in [2.05, 4.69) is 10.2 Å². The van der Waals surface area contributed by atoms with Gasteiger partial charge in [-0.2, -0.15) is 0 Å². The number of nitrogens with zero attached hydrogens (tertiary/aromatic N) is 2. The first-order valence-corrected chi connectivity index (χ1v) is 7.45. The molecule has 0 fully saturated rings. The third-order valence-electron chi connectivity index (χ3n) is 2.56. The Morgan fingerprint density at radius 1 is 1.30 bits per heavy atom. The van der Waals surface area contributed by atoms with Crippen molar-refractivity contribution in [1.29, 1.82) is 0 Å². The van der Waals surface area contributed by atoms with E-state index in [-0.39, 0.29) is 16.3 Å². The summed E-state index contributed by atoms with van der Waals surface area (Å²) in [5, 5.41) is 16.2. The first kappa shape index (κ1) is 14.2. The number of carboxylic acid groups (broad SMARTS) is 1. The van der Waals surface area contributed by atoms with Crippen molar-refractivity contribution < 1.29 is 22.7 Å². The summed E-state index contributed by atoms with van der Waals surface area (Å²) in [6, 6.07) is 5.14. The summed E-state index contributed by atoms with van der Waals surface area (Å²) in [4.78, 5) is 10.8. The minimum Gasteiger partial charge on any atom is -0.478 e. The highest BCUT2D eigenvalue weighted by Crippen LogP contribution is 2.17. The molecule has 0 aliphatic heterocycles. The molecule has 106 valence electrons. The molecule has 0 atom stereocenters. The summed E-state index contributed by atoms with van der Waals surface area (Å²) in [5.41, 5.74) is -0.0918. The lowest BCUT2D eigenvalue weighted by molar-refractivity contribution is 0.0696. The number of aryl methyl sites for hydroxylation is 1. The number of carbonyl (C=O) groups is 1. The molecule has 0 radical (unpaired) electrons. The van der Waals surface area contributed by atoms with Crippen molar-refractivity contribution in [2.75, 3.05) is 0 Å². The van der Waals surface area contributed by atoms with Gasteiger partial charge in [-0.15, -0.1) is 10.2 Å². The summed E-state index contributed by atoms with van der Waals surface area (Å²) >= 11 is 0. The maximum Gasteiger partial charge on any atom is 0.335 e. The molecule has 2 rings (SSSR count). The van der Waals surface area contributed by atoms with Gasteiger partial charge in [-0.25, -0.2) is 13.2 Å². The smallest absolute Gasteiger partial charge is 0.335 e. The number of sulfone groups is 1. The SMILES string of the molecule is CCc1nnc(CS(=O)(=O)c2cccc(C(=O)O)c2)o1. The predicted octanol–water partition coefficient (Wildman–Crippen LogP) is 1.30. The van der Waals surface area contributed by atoms with Crippen molar-refractivity contribution in [1.82, 2.24) is 10.2 Å². The van der Waals surface area contributed by atoms with Crippen LogP contribution >= 0.6 is 0 Å². The topological polar surface area (TPSA) is 110 Å². The molecule has 0 amide bonds. The number of aromatic nitrogens is 2. The summed E-state index contributed by atoms with van der Waals surface area (Å²) in [7, 11) is -3.72. The quantitative estimate of drug-likeness (QED) is 0.885. The van der Waals surface area contributed by atoms with Crippen LogP contribution < -0.4 is 0 Å². The molecule has 0 spiro atoms. The minimum absolute atomic E-state index is 0.0115. The Morgan fingerprint density at radius 3 is 2.60 bits per heavy atom. The number of carboxylic acids is 1. The zero-order valence-electron chi connectivity index (χ0n) is 10.6. The molecule has 1 N–H and O–H groups in total. The molecular weight excluding hydrogens is 284 g/mol. The Hall–Kier alpha value is -2.22. The van der Waals surface area contributed by atoms with Gasteiger partial charge in [0, 0.05) is 6.42 Å². The molecule has 0 unspecified atom stereocenters. The molecule has 1 aromatic carbocycles. The van der Waals surface area contributed by atoms with Crippen molar-refractivity contribution in [2.24, 2.45) is 0 Å². The maximum atomic E-state index is 12.2. The Bertz CT molecular complexity index is 736. The fourth-order valence-electron chi connectivity index (χ4n) is 1.56. The van der Waals surface area contributed by atoms with E-state index in [1.54, 1.807) is 0 Å². The van der Waals surface area contributed by atoms with Gasteiger partial charge in [-0.1, -0.05) is 13.0 Å². The van der Waals surface area contributed by atoms with Crippen LogP contribution in [0.1, 0.15) is 29.1 Å². The van der Waals surface area contributed by atoms with Gasteiger partial charge in [0.2, 0.25) is 11.8 Å². The van der Waals surface area contributed by atoms with Crippen LogP contribution in [0.4, 0.5) is 0 Å². The lowest BCUT2D eigenvalue weighted by Gasteiger charge is -2.02. The molecule has 0 saturated carbocycles. The summed E-state index contributed by atoms with van der Waals surface area (Å²) in [6.45, 7) is 1.81. The highest BCUT2D eigenvalue weighted by molar-refractivity contribution is 7.90. The number of hydrogen-bond acceptors (Lipinski definition) is 6. The molecule has 0 aliphatic rings. The second-order valence-corrected chi connectivity index (χ2v) is 6.02. The van der Waals surface area contributed by atoms with E-state index in [4.69, 9.17) is 9.52 Å². The van der Waals surface area contributed by atoms with Gasteiger partial charge in [0.05, 0.1) is 10.5 Å². The van der Waals surface area contributed by atoms with E-state index >= 15 is 0 Å². The summed E-state index contributed by atoms with van der Waals surface area (Å²) < 4.78 is 29.5. The molecule has 7 nitrogen and oxygen atoms in total. The van der Waals surface area contributed by atoms with Gasteiger partial charge < -0.3 is 9.52 Å². The molecule has 2 aromatic rings. The van der Waals surface area contributed by atoms with Gasteiger partial charge in [0.1, 0.15) is 5.75 Å². The first-order chi connectivity index (χ1) is 9.42. The monoisotopic (exact) mass is 296 g/mol. The lowest BCUT2D eigenvalue weighted by Crippen LogP contribution is -2.07. The molecule has 1 aromatic heterocycles. The van der Waals surface area contributed by atoms with E-state index in [1.165, 1.54) is 18.2 Å². The molecule has 0 aliphatic carbocycles. The lowest BCUT2D eigenvalue weighted by atomic mass is 10.2. The first-order valence-electron chi connectivity index (χ1n) is 5.79. The second kappa shape index (κ2) is 5.41. The van der Waals surface area contributed by atoms with E-state index < -0.39 is 21.6 Å². The minimum atomic E-state index is -3.72. The number of hydrogen-bond donors (Lipinski definition) is 1. The largest absolute Gasteiger partial charge is 0.478 e. The summed E-state index contributed by atoms with van der Waals surface area (Å²) in [5.74, 6) is -1.30. The average Bonchev–Trinajstić information content (AvgIpc) is 2.86. The average molecular weight is 296 g/mol. The Balaban J connectivity index is 2.30. The van der Waals surface area contributed by atoms with Crippen LogP contribution in [-0.4, -0.2) is 29.7 Å². The predicted molar refractivity (Wildman–Crippen MR) is 68.0 cm³/mol. The number of aromatic carboxylic acids is 1. The molecule has 1 heterocycles. The normalized spacial score (nSPS) is 11.4. The fourth-order valence-corrected chi connectivity index (χ4v) is 2.76. The Morgan fingerprint density at radius 2 is 2.00 bits per heavy atom. The van der Waals surface area contributed by atoms with Crippen molar-refractivity contribution in [3.63, 3.8) is 0 Å². The van der Waals surface area contributed by atoms with Crippen LogP contribution in [-0.2, 0) is 22.0 Å². The highest BCUT2D eigenvalue weighted by Gasteiger charge is 2.20. The number of rotatable bonds is 5. The standard InChI is InChI=1S/C12H12N2O5S/c1-2-10-13-14-11(19-10)7-20(17,18)9-5-3-4-8(6-9)12(15)16/h3-6H,2,7H2,1H3,(H,15,16). The van der Waals surface area contributed by atoms with E-state index in [9.17, 15) is 13.2 Å². The number of benzene rings is 1.